The van der Waals surface area contributed by atoms with Gasteiger partial charge in [0, 0.05) is 10.4 Å². The molecule has 1 N–H and O–H groups in total. The third-order valence-electron chi connectivity index (χ3n) is 4.88. The first-order valence-corrected chi connectivity index (χ1v) is 10.2. The van der Waals surface area contributed by atoms with Crippen molar-refractivity contribution >= 4 is 27.5 Å². The van der Waals surface area contributed by atoms with Gasteiger partial charge in [-0.3, -0.25) is 15.0 Å². The summed E-state index contributed by atoms with van der Waals surface area (Å²) in [5.41, 5.74) is 4.03. The van der Waals surface area contributed by atoms with Gasteiger partial charge in [-0.15, -0.1) is 11.3 Å². The van der Waals surface area contributed by atoms with Crippen molar-refractivity contribution < 1.29 is 14.3 Å². The Morgan fingerprint density at radius 3 is 2.67 bits per heavy atom. The summed E-state index contributed by atoms with van der Waals surface area (Å²) in [5.74, 6) is 0.591. The highest BCUT2D eigenvalue weighted by Crippen LogP contribution is 2.35. The van der Waals surface area contributed by atoms with Gasteiger partial charge in [0.1, 0.15) is 17.8 Å². The predicted molar refractivity (Wildman–Crippen MR) is 115 cm³/mol. The first kappa shape index (κ1) is 18.4. The van der Waals surface area contributed by atoms with Crippen molar-refractivity contribution in [1.82, 2.24) is 9.66 Å². The van der Waals surface area contributed by atoms with Crippen LogP contribution in [0, 0.1) is 6.92 Å². The molecular weight excluding hydrogens is 402 g/mol. The van der Waals surface area contributed by atoms with Gasteiger partial charge >= 0.3 is 0 Å². The molecule has 0 saturated carbocycles. The molecule has 0 fully saturated rings. The van der Waals surface area contributed by atoms with Crippen LogP contribution >= 0.6 is 11.3 Å². The first-order chi connectivity index (χ1) is 14.6. The van der Waals surface area contributed by atoms with E-state index in [1.54, 1.807) is 18.2 Å². The van der Waals surface area contributed by atoms with Crippen molar-refractivity contribution in [2.45, 2.75) is 13.0 Å². The Morgan fingerprint density at radius 2 is 1.87 bits per heavy atom. The highest BCUT2D eigenvalue weighted by molar-refractivity contribution is 7.19. The van der Waals surface area contributed by atoms with Crippen LogP contribution in [-0.2, 0) is 4.79 Å². The summed E-state index contributed by atoms with van der Waals surface area (Å²) < 4.78 is 12.4. The summed E-state index contributed by atoms with van der Waals surface area (Å²) in [4.78, 5) is 31.9. The number of aromatic nitrogens is 2. The lowest BCUT2D eigenvalue weighted by molar-refractivity contribution is -0.126. The van der Waals surface area contributed by atoms with Gasteiger partial charge in [0.2, 0.25) is 6.10 Å². The summed E-state index contributed by atoms with van der Waals surface area (Å²) in [6.07, 6.45) is 0.450. The number of ether oxygens (including phenoxy) is 2. The minimum Gasteiger partial charge on any atom is -0.485 e. The highest BCUT2D eigenvalue weighted by atomic mass is 32.1. The van der Waals surface area contributed by atoms with Crippen molar-refractivity contribution in [3.8, 4) is 22.6 Å². The number of hydrogen-bond donors (Lipinski definition) is 1. The Bertz CT molecular complexity index is 1310. The molecule has 3 heterocycles. The largest absolute Gasteiger partial charge is 0.485 e. The molecule has 0 bridgehead atoms. The Morgan fingerprint density at radius 1 is 1.13 bits per heavy atom. The van der Waals surface area contributed by atoms with Crippen LogP contribution in [0.4, 0.5) is 0 Å². The summed E-state index contributed by atoms with van der Waals surface area (Å²) in [6.45, 7) is 2.02. The molecule has 1 atom stereocenters. The van der Waals surface area contributed by atoms with Gasteiger partial charge in [-0.25, -0.2) is 9.66 Å². The molecule has 0 aliphatic carbocycles. The molecular formula is C22H17N3O4S. The van der Waals surface area contributed by atoms with E-state index in [0.717, 1.165) is 20.7 Å². The van der Waals surface area contributed by atoms with E-state index in [4.69, 9.17) is 9.47 Å². The van der Waals surface area contributed by atoms with Gasteiger partial charge in [-0.05, 0) is 24.6 Å². The number of aryl methyl sites for hydroxylation is 1. The zero-order valence-electron chi connectivity index (χ0n) is 16.0. The van der Waals surface area contributed by atoms with E-state index in [2.05, 4.69) is 10.4 Å². The van der Waals surface area contributed by atoms with Crippen molar-refractivity contribution in [1.29, 1.82) is 0 Å². The second-order valence-electron chi connectivity index (χ2n) is 6.84. The second-order valence-corrected chi connectivity index (χ2v) is 8.04. The maximum absolute atomic E-state index is 13.2. The molecule has 1 aliphatic rings. The van der Waals surface area contributed by atoms with Crippen LogP contribution in [0.3, 0.4) is 0 Å². The molecule has 4 aromatic rings. The fraction of sp³-hybridized carbons (Fsp3) is 0.136. The molecule has 2 aromatic heterocycles. The monoisotopic (exact) mass is 419 g/mol. The van der Waals surface area contributed by atoms with Crippen molar-refractivity contribution in [2.24, 2.45) is 0 Å². The van der Waals surface area contributed by atoms with E-state index in [9.17, 15) is 9.59 Å². The fourth-order valence-corrected chi connectivity index (χ4v) is 4.48. The van der Waals surface area contributed by atoms with Crippen LogP contribution in [0.5, 0.6) is 11.5 Å². The fourth-order valence-electron chi connectivity index (χ4n) is 3.47. The number of nitrogens with one attached hydrogen (secondary N) is 1. The summed E-state index contributed by atoms with van der Waals surface area (Å²) >= 11 is 1.45. The number of carbonyl (C=O) groups excluding carboxylic acids is 1. The number of para-hydroxylation sites is 2. The maximum Gasteiger partial charge on any atom is 0.283 e. The van der Waals surface area contributed by atoms with E-state index in [1.165, 1.54) is 17.7 Å². The summed E-state index contributed by atoms with van der Waals surface area (Å²) in [7, 11) is 0. The quantitative estimate of drug-likeness (QED) is 0.551. The number of carbonyl (C=O) groups is 1. The third-order valence-corrected chi connectivity index (χ3v) is 5.90. The zero-order chi connectivity index (χ0) is 20.7. The highest BCUT2D eigenvalue weighted by Gasteiger charge is 2.28. The average molecular weight is 419 g/mol. The molecule has 7 nitrogen and oxygen atoms in total. The van der Waals surface area contributed by atoms with Gasteiger partial charge in [-0.1, -0.05) is 42.5 Å². The molecule has 8 heteroatoms. The van der Waals surface area contributed by atoms with Crippen LogP contribution < -0.4 is 20.5 Å². The van der Waals surface area contributed by atoms with Crippen molar-refractivity contribution in [2.75, 3.05) is 12.0 Å². The maximum atomic E-state index is 13.2. The number of fused-ring (bicyclic) bond motifs is 2. The Kier molecular flexibility index (Phi) is 4.48. The minimum absolute atomic E-state index is 0.0556. The van der Waals surface area contributed by atoms with E-state index >= 15 is 0 Å². The zero-order valence-corrected chi connectivity index (χ0v) is 16.8. The van der Waals surface area contributed by atoms with Crippen molar-refractivity contribution in [3.63, 3.8) is 0 Å². The van der Waals surface area contributed by atoms with E-state index in [0.29, 0.717) is 21.7 Å². The van der Waals surface area contributed by atoms with E-state index in [-0.39, 0.29) is 12.2 Å². The van der Waals surface area contributed by atoms with Gasteiger partial charge < -0.3 is 9.47 Å². The smallest absolute Gasteiger partial charge is 0.283 e. The second kappa shape index (κ2) is 7.31. The standard InChI is InChI=1S/C22H17N3O4S/c1-13-18(14-7-3-2-4-8-14)19-21(30-13)23-12-25(22(19)27)24-20(26)17-11-28-15-9-5-6-10-16(15)29-17/h2-10,12,17H,11H2,1H3,(H,24,26). The van der Waals surface area contributed by atoms with Crippen LogP contribution in [0.2, 0.25) is 0 Å². The number of hydrogen-bond acceptors (Lipinski definition) is 6. The molecule has 1 aliphatic heterocycles. The van der Waals surface area contributed by atoms with E-state index in [1.807, 2.05) is 43.3 Å². The van der Waals surface area contributed by atoms with Gasteiger partial charge in [0.15, 0.2) is 11.5 Å². The molecule has 1 amide bonds. The molecule has 5 rings (SSSR count). The number of nitrogens with zero attached hydrogens (tertiary/aromatic N) is 2. The Hall–Kier alpha value is -3.65. The SMILES string of the molecule is Cc1sc2ncn(NC(=O)C3COc4ccccc4O3)c(=O)c2c1-c1ccccc1. The van der Waals surface area contributed by atoms with Crippen LogP contribution in [-0.4, -0.2) is 28.3 Å². The van der Waals surface area contributed by atoms with Crippen LogP contribution in [0.25, 0.3) is 21.3 Å². The molecule has 150 valence electrons. The first-order valence-electron chi connectivity index (χ1n) is 9.37. The number of benzene rings is 2. The number of rotatable bonds is 3. The third kappa shape index (κ3) is 3.11. The lowest BCUT2D eigenvalue weighted by Gasteiger charge is -2.25. The predicted octanol–water partition coefficient (Wildman–Crippen LogP) is 3.34. The lowest BCUT2D eigenvalue weighted by Crippen LogP contribution is -2.45. The van der Waals surface area contributed by atoms with Gasteiger partial charge in [-0.2, -0.15) is 0 Å². The topological polar surface area (TPSA) is 82.5 Å². The van der Waals surface area contributed by atoms with Gasteiger partial charge in [0.25, 0.3) is 11.5 Å². The molecule has 1 unspecified atom stereocenters. The van der Waals surface area contributed by atoms with Crippen LogP contribution in [0.1, 0.15) is 4.88 Å². The summed E-state index contributed by atoms with van der Waals surface area (Å²) in [6, 6.07) is 16.8. The lowest BCUT2D eigenvalue weighted by atomic mass is 10.0. The normalized spacial score (nSPS) is 15.2. The molecule has 2 aromatic carbocycles. The molecule has 0 saturated heterocycles. The number of amides is 1. The minimum atomic E-state index is -0.875. The summed E-state index contributed by atoms with van der Waals surface area (Å²) in [5, 5.41) is 0.484. The molecule has 0 spiro atoms. The van der Waals surface area contributed by atoms with E-state index < -0.39 is 12.0 Å². The molecule has 30 heavy (non-hydrogen) atoms. The van der Waals surface area contributed by atoms with Gasteiger partial charge in [0.05, 0.1) is 5.39 Å². The molecule has 0 radical (unpaired) electrons. The average Bonchev–Trinajstić information content (AvgIpc) is 3.12. The Balaban J connectivity index is 1.48. The van der Waals surface area contributed by atoms with Crippen LogP contribution in [0.15, 0.2) is 65.7 Å². The number of thiophene rings is 1. The van der Waals surface area contributed by atoms with Crippen molar-refractivity contribution in [3.05, 3.63) is 76.2 Å². The Labute approximate surface area is 175 Å².